The van der Waals surface area contributed by atoms with Crippen LogP contribution in [0.1, 0.15) is 25.7 Å². The molecule has 0 aliphatic heterocycles. The van der Waals surface area contributed by atoms with Crippen LogP contribution >= 0.6 is 24.4 Å². The Labute approximate surface area is 89.6 Å². The first-order chi connectivity index (χ1) is 6.22. The van der Waals surface area contributed by atoms with Gasteiger partial charge in [-0.2, -0.15) is 24.4 Å². The molecule has 1 aliphatic carbocycles. The van der Waals surface area contributed by atoms with E-state index in [1.165, 1.54) is 25.7 Å². The van der Waals surface area contributed by atoms with Crippen LogP contribution in [0, 0.1) is 0 Å². The molecule has 1 rings (SSSR count). The zero-order valence-electron chi connectivity index (χ0n) is 8.01. The Balaban J connectivity index is 2.35. The molecule has 0 bridgehead atoms. The predicted octanol–water partition coefficient (Wildman–Crippen LogP) is 1.71. The third-order valence-electron chi connectivity index (χ3n) is 2.70. The van der Waals surface area contributed by atoms with Crippen molar-refractivity contribution in [3.05, 3.63) is 0 Å². The number of rotatable bonds is 4. The van der Waals surface area contributed by atoms with Crippen molar-refractivity contribution in [2.24, 2.45) is 0 Å². The highest BCUT2D eigenvalue weighted by molar-refractivity contribution is 8.00. The molecule has 0 unspecified atom stereocenters. The number of carbonyl (C=O) groups is 1. The van der Waals surface area contributed by atoms with Crippen molar-refractivity contribution in [1.82, 2.24) is 5.32 Å². The molecular formula is C9H17NOS2. The molecule has 0 saturated heterocycles. The minimum Gasteiger partial charge on any atom is -0.354 e. The Morgan fingerprint density at radius 2 is 2.15 bits per heavy atom. The minimum absolute atomic E-state index is 0.0451. The Hall–Kier alpha value is 0.170. The Kier molecular flexibility index (Phi) is 4.46. The zero-order chi connectivity index (χ0) is 9.73. The van der Waals surface area contributed by atoms with Crippen molar-refractivity contribution < 1.29 is 4.79 Å². The van der Waals surface area contributed by atoms with Crippen molar-refractivity contribution in [2.75, 3.05) is 18.6 Å². The first-order valence-corrected chi connectivity index (χ1v) is 6.51. The maximum absolute atomic E-state index is 11.0. The molecular weight excluding hydrogens is 202 g/mol. The molecule has 0 atom stereocenters. The fourth-order valence-corrected chi connectivity index (χ4v) is 2.81. The van der Waals surface area contributed by atoms with Crippen LogP contribution in [-0.2, 0) is 4.79 Å². The van der Waals surface area contributed by atoms with Gasteiger partial charge in [0.1, 0.15) is 0 Å². The molecule has 1 saturated carbocycles. The van der Waals surface area contributed by atoms with Gasteiger partial charge in [0.05, 0.1) is 5.75 Å². The van der Waals surface area contributed by atoms with Gasteiger partial charge in [-0.3, -0.25) is 4.79 Å². The van der Waals surface area contributed by atoms with Crippen LogP contribution < -0.4 is 5.32 Å². The van der Waals surface area contributed by atoms with Gasteiger partial charge in [-0.25, -0.2) is 0 Å². The van der Waals surface area contributed by atoms with Crippen molar-refractivity contribution in [2.45, 2.75) is 30.4 Å². The lowest BCUT2D eigenvalue weighted by Gasteiger charge is -2.26. The fourth-order valence-electron chi connectivity index (χ4n) is 1.79. The molecule has 1 N–H and O–H groups in total. The molecule has 0 radical (unpaired) electrons. The Morgan fingerprint density at radius 1 is 1.54 bits per heavy atom. The van der Waals surface area contributed by atoms with Gasteiger partial charge in [-0.1, -0.05) is 12.8 Å². The summed E-state index contributed by atoms with van der Waals surface area (Å²) in [6, 6.07) is 0. The van der Waals surface area contributed by atoms with Gasteiger partial charge >= 0.3 is 0 Å². The van der Waals surface area contributed by atoms with Crippen LogP contribution in [0.25, 0.3) is 0 Å². The second kappa shape index (κ2) is 5.15. The summed E-state index contributed by atoms with van der Waals surface area (Å²) in [4.78, 5) is 11.0. The predicted molar refractivity (Wildman–Crippen MR) is 61.6 cm³/mol. The molecule has 0 aromatic rings. The summed E-state index contributed by atoms with van der Waals surface area (Å²) in [5.74, 6) is 0.341. The molecule has 1 aliphatic rings. The number of thioether (sulfide) groups is 1. The fraction of sp³-hybridized carbons (Fsp3) is 0.889. The standard InChI is InChI=1S/C9H17NOS2/c1-13-9(4-2-3-5-9)7-10-8(11)6-12/h12H,2-7H2,1H3,(H,10,11). The van der Waals surface area contributed by atoms with Crippen molar-refractivity contribution >= 4 is 30.3 Å². The van der Waals surface area contributed by atoms with Gasteiger partial charge in [0, 0.05) is 11.3 Å². The molecule has 0 heterocycles. The lowest BCUT2D eigenvalue weighted by atomic mass is 10.1. The van der Waals surface area contributed by atoms with E-state index in [4.69, 9.17) is 0 Å². The smallest absolute Gasteiger partial charge is 0.229 e. The Morgan fingerprint density at radius 3 is 2.62 bits per heavy atom. The van der Waals surface area contributed by atoms with E-state index in [1.54, 1.807) is 0 Å². The van der Waals surface area contributed by atoms with E-state index in [1.807, 2.05) is 11.8 Å². The molecule has 13 heavy (non-hydrogen) atoms. The van der Waals surface area contributed by atoms with Crippen LogP contribution in [0.4, 0.5) is 0 Å². The average Bonchev–Trinajstić information content (AvgIpc) is 2.63. The summed E-state index contributed by atoms with van der Waals surface area (Å²) in [5, 5.41) is 2.93. The number of amides is 1. The number of hydrogen-bond donors (Lipinski definition) is 2. The molecule has 1 amide bonds. The van der Waals surface area contributed by atoms with Crippen molar-refractivity contribution in [3.8, 4) is 0 Å². The summed E-state index contributed by atoms with van der Waals surface area (Å²) >= 11 is 5.82. The summed E-state index contributed by atoms with van der Waals surface area (Å²) < 4.78 is 0.318. The average molecular weight is 219 g/mol. The molecule has 4 heteroatoms. The van der Waals surface area contributed by atoms with Crippen LogP contribution in [0.2, 0.25) is 0 Å². The number of thiol groups is 1. The Bertz CT molecular complexity index is 178. The van der Waals surface area contributed by atoms with Gasteiger partial charge in [-0.05, 0) is 19.1 Å². The van der Waals surface area contributed by atoms with Crippen LogP contribution in [0.3, 0.4) is 0 Å². The quantitative estimate of drug-likeness (QED) is 0.705. The monoisotopic (exact) mass is 219 g/mol. The summed E-state index contributed by atoms with van der Waals surface area (Å²) in [6.07, 6.45) is 7.22. The maximum atomic E-state index is 11.0. The largest absolute Gasteiger partial charge is 0.354 e. The van der Waals surface area contributed by atoms with Gasteiger partial charge < -0.3 is 5.32 Å². The van der Waals surface area contributed by atoms with Crippen LogP contribution in [0.15, 0.2) is 0 Å². The molecule has 0 spiro atoms. The van der Waals surface area contributed by atoms with E-state index in [-0.39, 0.29) is 5.91 Å². The van der Waals surface area contributed by atoms with Crippen molar-refractivity contribution in [3.63, 3.8) is 0 Å². The topological polar surface area (TPSA) is 29.1 Å². The summed E-state index contributed by atoms with van der Waals surface area (Å²) in [6.45, 7) is 0.813. The number of nitrogens with one attached hydrogen (secondary N) is 1. The molecule has 0 aromatic heterocycles. The molecule has 76 valence electrons. The highest BCUT2D eigenvalue weighted by Crippen LogP contribution is 2.39. The highest BCUT2D eigenvalue weighted by Gasteiger charge is 2.32. The summed E-state index contributed by atoms with van der Waals surface area (Å²) in [7, 11) is 0. The van der Waals surface area contributed by atoms with Crippen molar-refractivity contribution in [1.29, 1.82) is 0 Å². The van der Waals surface area contributed by atoms with Gasteiger partial charge in [0.25, 0.3) is 0 Å². The maximum Gasteiger partial charge on any atom is 0.229 e. The van der Waals surface area contributed by atoms with Gasteiger partial charge in [-0.15, -0.1) is 0 Å². The third kappa shape index (κ3) is 3.09. The van der Waals surface area contributed by atoms with E-state index in [0.29, 0.717) is 10.5 Å². The first kappa shape index (κ1) is 11.2. The summed E-state index contributed by atoms with van der Waals surface area (Å²) in [5.41, 5.74) is 0. The van der Waals surface area contributed by atoms with Gasteiger partial charge in [0.15, 0.2) is 0 Å². The minimum atomic E-state index is 0.0451. The van der Waals surface area contributed by atoms with Crippen LogP contribution in [-0.4, -0.2) is 29.2 Å². The van der Waals surface area contributed by atoms with Crippen LogP contribution in [0.5, 0.6) is 0 Å². The van der Waals surface area contributed by atoms with Gasteiger partial charge in [0.2, 0.25) is 5.91 Å². The zero-order valence-corrected chi connectivity index (χ0v) is 9.72. The third-order valence-corrected chi connectivity index (χ3v) is 4.40. The molecule has 0 aromatic carbocycles. The van der Waals surface area contributed by atoms with E-state index in [2.05, 4.69) is 24.2 Å². The molecule has 2 nitrogen and oxygen atoms in total. The second-order valence-corrected chi connectivity index (χ2v) is 5.12. The molecule has 1 fully saturated rings. The van der Waals surface area contributed by atoms with E-state index >= 15 is 0 Å². The van der Waals surface area contributed by atoms with E-state index in [9.17, 15) is 4.79 Å². The second-order valence-electron chi connectivity index (χ2n) is 3.53. The van der Waals surface area contributed by atoms with E-state index < -0.39 is 0 Å². The first-order valence-electron chi connectivity index (χ1n) is 4.65. The SMILES string of the molecule is CSC1(CNC(=O)CS)CCCC1. The lowest BCUT2D eigenvalue weighted by molar-refractivity contribution is -0.118. The number of hydrogen-bond acceptors (Lipinski definition) is 3. The highest BCUT2D eigenvalue weighted by atomic mass is 32.2. The van der Waals surface area contributed by atoms with E-state index in [0.717, 1.165) is 6.54 Å². The normalized spacial score (nSPS) is 20.2. The lowest BCUT2D eigenvalue weighted by Crippen LogP contribution is -2.38. The number of carbonyl (C=O) groups excluding carboxylic acids is 1.